The first-order valence-electron chi connectivity index (χ1n) is 20.2. The summed E-state index contributed by atoms with van der Waals surface area (Å²) in [6.45, 7) is 0. The molecule has 0 radical (unpaired) electrons. The van der Waals surface area contributed by atoms with E-state index in [1.54, 1.807) is 0 Å². The van der Waals surface area contributed by atoms with Gasteiger partial charge in [0.15, 0.2) is 11.5 Å². The Kier molecular flexibility index (Phi) is 17.9. The number of halogens is 34. The first-order valence-corrected chi connectivity index (χ1v) is 21.0. The molecule has 4 rings (SSSR count). The normalized spacial score (nSPS) is 15.2. The van der Waals surface area contributed by atoms with Crippen molar-refractivity contribution in [2.75, 3.05) is 11.5 Å². The molecule has 0 atom stereocenters. The average molecular weight is 1290 g/mol. The highest BCUT2D eigenvalue weighted by Crippen LogP contribution is 2.65. The van der Waals surface area contributed by atoms with Gasteiger partial charge in [-0.2, -0.15) is 149 Å². The molecule has 0 heterocycles. The topological polar surface area (TPSA) is 89.0 Å². The summed E-state index contributed by atoms with van der Waals surface area (Å²) < 4.78 is 479. The van der Waals surface area contributed by atoms with Crippen molar-refractivity contribution in [1.82, 2.24) is 0 Å². The number of alkyl halides is 30. The zero-order chi connectivity index (χ0) is 64.5. The van der Waals surface area contributed by atoms with Gasteiger partial charge in [-0.15, -0.1) is 0 Å². The molecule has 4 N–H and O–H groups in total. The Morgan fingerprint density at radius 3 is 0.771 bits per heavy atom. The lowest BCUT2D eigenvalue weighted by Gasteiger charge is -2.41. The molecular formula is C42H18F34N2O4S. The Labute approximate surface area is 439 Å². The molecule has 4 aromatic carbocycles. The quantitative estimate of drug-likeness (QED) is 0.0460. The number of nitrogens with two attached hydrogens (primary N) is 2. The molecule has 0 aromatic heterocycles. The van der Waals surface area contributed by atoms with Gasteiger partial charge >= 0.3 is 95.4 Å². The Balaban J connectivity index is 1.42. The fourth-order valence-electron chi connectivity index (χ4n) is 5.66. The van der Waals surface area contributed by atoms with Gasteiger partial charge in [-0.05, 0) is 72.8 Å². The van der Waals surface area contributed by atoms with Crippen molar-refractivity contribution in [3.8, 4) is 34.5 Å². The van der Waals surface area contributed by atoms with Crippen molar-refractivity contribution in [2.45, 2.75) is 93.2 Å². The van der Waals surface area contributed by atoms with Crippen LogP contribution in [-0.4, -0.2) is 83.4 Å². The summed E-state index contributed by atoms with van der Waals surface area (Å²) in [4.78, 5) is 0.744. The number of ether oxygens (including phenoxy) is 4. The molecule has 0 aliphatic carbocycles. The van der Waals surface area contributed by atoms with Crippen LogP contribution in [0.4, 0.5) is 161 Å². The van der Waals surface area contributed by atoms with Crippen LogP contribution in [0.5, 0.6) is 34.5 Å². The van der Waals surface area contributed by atoms with E-state index >= 15 is 0 Å². The maximum Gasteiger partial charge on any atom is 0.460 e. The standard InChI is InChI=1S/C42H18F34N2O4S/c43-25(29(47,48)31(51,52)33(55,56)35(59,60)37(63,64)39(67,68)41(71,72)73)27(45)81-23-11-5-17(13-21(23)77)79-15-1-7-19(8-2-15)83-20-9-3-16(4-10-20)80-18-6-12-24(22(78)14-18)82-28(46)26(44)30(49,50)32(53,54)34(57,58)36(61,62)38(65,66)40(69,70)42(74,75)76/h1-14H,77-78H2. The summed E-state index contributed by atoms with van der Waals surface area (Å²) in [7, 11) is 0. The lowest BCUT2D eigenvalue weighted by atomic mass is 9.91. The molecule has 0 aliphatic rings. The minimum atomic E-state index is -8.80. The molecule has 0 bridgehead atoms. The second kappa shape index (κ2) is 21.6. The average Bonchev–Trinajstić information content (AvgIpc) is 3.35. The first-order chi connectivity index (χ1) is 37.0. The van der Waals surface area contributed by atoms with Crippen molar-refractivity contribution in [1.29, 1.82) is 0 Å². The van der Waals surface area contributed by atoms with E-state index < -0.39 is 141 Å². The molecule has 6 nitrogen and oxygen atoms in total. The monoisotopic (exact) mass is 1290 g/mol. The highest BCUT2D eigenvalue weighted by Gasteiger charge is 2.95. The van der Waals surface area contributed by atoms with Crippen molar-refractivity contribution in [3.63, 3.8) is 0 Å². The van der Waals surface area contributed by atoms with Crippen molar-refractivity contribution in [3.05, 3.63) is 109 Å². The van der Waals surface area contributed by atoms with E-state index in [0.29, 0.717) is 46.2 Å². The lowest BCUT2D eigenvalue weighted by molar-refractivity contribution is -0.451. The Hall–Kier alpha value is -6.87. The lowest BCUT2D eigenvalue weighted by Crippen LogP contribution is -2.72. The number of rotatable bonds is 22. The number of nitrogen functional groups attached to an aromatic ring is 2. The first kappa shape index (κ1) is 68.6. The third-order valence-electron chi connectivity index (χ3n) is 10.3. The second-order valence-corrected chi connectivity index (χ2v) is 17.1. The van der Waals surface area contributed by atoms with Gasteiger partial charge in [-0.25, -0.2) is 0 Å². The van der Waals surface area contributed by atoms with Gasteiger partial charge in [-0.1, -0.05) is 11.8 Å². The third-order valence-corrected chi connectivity index (χ3v) is 11.3. The summed E-state index contributed by atoms with van der Waals surface area (Å²) in [5.41, 5.74) is 8.81. The summed E-state index contributed by atoms with van der Waals surface area (Å²) in [5, 5.41) is 0. The van der Waals surface area contributed by atoms with E-state index in [1.165, 1.54) is 48.5 Å². The van der Waals surface area contributed by atoms with Gasteiger partial charge < -0.3 is 30.4 Å². The highest BCUT2D eigenvalue weighted by atomic mass is 32.2. The van der Waals surface area contributed by atoms with Crippen LogP contribution in [-0.2, 0) is 0 Å². The van der Waals surface area contributed by atoms with E-state index in [2.05, 4.69) is 9.47 Å². The smallest absolute Gasteiger partial charge is 0.457 e. The largest absolute Gasteiger partial charge is 0.460 e. The van der Waals surface area contributed by atoms with Crippen molar-refractivity contribution >= 4 is 23.1 Å². The third kappa shape index (κ3) is 11.5. The molecule has 0 saturated carbocycles. The predicted octanol–water partition coefficient (Wildman–Crippen LogP) is 18.3. The predicted molar refractivity (Wildman–Crippen MR) is 210 cm³/mol. The number of benzene rings is 4. The molecule has 4 aromatic rings. The molecule has 0 unspecified atom stereocenters. The molecule has 464 valence electrons. The number of anilines is 2. The van der Waals surface area contributed by atoms with Crippen LogP contribution in [0.3, 0.4) is 0 Å². The van der Waals surface area contributed by atoms with Gasteiger partial charge in [0.1, 0.15) is 23.0 Å². The number of hydrogen-bond donors (Lipinski definition) is 2. The molecule has 0 saturated heterocycles. The fraction of sp³-hybridized carbons (Fsp3) is 0.333. The van der Waals surface area contributed by atoms with E-state index in [9.17, 15) is 149 Å². The summed E-state index contributed by atoms with van der Waals surface area (Å²) in [6.07, 6.45) is -15.8. The van der Waals surface area contributed by atoms with Gasteiger partial charge in [0.2, 0.25) is 11.7 Å². The number of hydrogen-bond acceptors (Lipinski definition) is 7. The zero-order valence-electron chi connectivity index (χ0n) is 38.1. The molecule has 83 heavy (non-hydrogen) atoms. The van der Waals surface area contributed by atoms with Gasteiger partial charge in [0.05, 0.1) is 11.4 Å². The maximum absolute atomic E-state index is 14.3. The number of allylic oxidation sites excluding steroid dienone is 2. The van der Waals surface area contributed by atoms with Gasteiger partial charge in [-0.3, -0.25) is 0 Å². The van der Waals surface area contributed by atoms with Crippen LogP contribution >= 0.6 is 11.8 Å². The summed E-state index contributed by atoms with van der Waals surface area (Å²) in [5.74, 6) is -115. The van der Waals surface area contributed by atoms with Gasteiger partial charge in [0, 0.05) is 21.9 Å². The molecule has 0 aliphatic heterocycles. The molecule has 0 fully saturated rings. The van der Waals surface area contributed by atoms with E-state index in [0.717, 1.165) is 11.8 Å². The maximum atomic E-state index is 14.3. The molecule has 0 amide bonds. The Morgan fingerprint density at radius 1 is 0.301 bits per heavy atom. The van der Waals surface area contributed by atoms with Crippen LogP contribution in [0.15, 0.2) is 118 Å². The Bertz CT molecular complexity index is 2860. The van der Waals surface area contributed by atoms with E-state index in [4.69, 9.17) is 20.9 Å². The van der Waals surface area contributed by atoms with Crippen LogP contribution in [0.25, 0.3) is 0 Å². The minimum Gasteiger partial charge on any atom is -0.457 e. The van der Waals surface area contributed by atoms with Crippen LogP contribution in [0.2, 0.25) is 0 Å². The van der Waals surface area contributed by atoms with Crippen LogP contribution < -0.4 is 30.4 Å². The highest BCUT2D eigenvalue weighted by molar-refractivity contribution is 7.99. The fourth-order valence-corrected chi connectivity index (χ4v) is 6.48. The van der Waals surface area contributed by atoms with E-state index in [-0.39, 0.29) is 11.5 Å². The molecule has 41 heteroatoms. The minimum absolute atomic E-state index is 0.125. The molecule has 0 spiro atoms. The SMILES string of the molecule is Nc1cc(Oc2ccc(Sc3ccc(Oc4ccc(OC(F)=C(F)C(F)(F)C(F)(F)C(F)(F)C(F)(F)C(F)(F)C(F)(F)C(F)(F)F)c(N)c4)cc3)cc2)ccc1OC(F)=C(F)C(F)(F)C(F)(F)C(F)(F)C(F)(F)C(F)(F)C(F)(F)C(F)(F)F. The van der Waals surface area contributed by atoms with Gasteiger partial charge in [0.25, 0.3) is 0 Å². The second-order valence-electron chi connectivity index (χ2n) is 15.9. The molecular weight excluding hydrogens is 1270 g/mol. The van der Waals surface area contributed by atoms with Crippen molar-refractivity contribution in [2.24, 2.45) is 0 Å². The Morgan fingerprint density at radius 2 is 0.530 bits per heavy atom. The van der Waals surface area contributed by atoms with Crippen molar-refractivity contribution < 1.29 is 168 Å². The summed E-state index contributed by atoms with van der Waals surface area (Å²) in [6, 6.07) is 5.76. The zero-order valence-corrected chi connectivity index (χ0v) is 38.9. The summed E-state index contributed by atoms with van der Waals surface area (Å²) >= 11 is 0.967. The van der Waals surface area contributed by atoms with Crippen LogP contribution in [0, 0.1) is 0 Å². The van der Waals surface area contributed by atoms with Crippen LogP contribution in [0.1, 0.15) is 0 Å². The van der Waals surface area contributed by atoms with E-state index in [1.807, 2.05) is 0 Å².